The van der Waals surface area contributed by atoms with E-state index in [4.69, 9.17) is 4.74 Å². The largest absolute Gasteiger partial charge is 0.496 e. The number of halogens is 3. The Hall–Kier alpha value is -2.09. The Kier molecular flexibility index (Phi) is 5.69. The van der Waals surface area contributed by atoms with E-state index >= 15 is 0 Å². The normalized spacial score (nSPS) is 15.7. The number of aromatic nitrogens is 1. The summed E-state index contributed by atoms with van der Waals surface area (Å²) in [7, 11) is 1.32. The van der Waals surface area contributed by atoms with E-state index in [9.17, 15) is 18.0 Å². The third-order valence-corrected chi connectivity index (χ3v) is 6.54. The average molecular weight is 427 g/mol. The minimum atomic E-state index is -4.55. The molecule has 1 aromatic heterocycles. The summed E-state index contributed by atoms with van der Waals surface area (Å²) in [4.78, 5) is 18.7. The number of methoxy groups -OCH3 is 1. The zero-order valence-corrected chi connectivity index (χ0v) is 18.0. The molecule has 1 fully saturated rings. The average Bonchev–Trinajstić information content (AvgIpc) is 3.38. The number of nitrogens with zero attached hydrogens (tertiary/aromatic N) is 2. The first-order valence-electron chi connectivity index (χ1n) is 9.47. The minimum absolute atomic E-state index is 0.0739. The highest BCUT2D eigenvalue weighted by Crippen LogP contribution is 2.34. The van der Waals surface area contributed by atoms with Crippen LogP contribution in [0.25, 0.3) is 0 Å². The van der Waals surface area contributed by atoms with E-state index in [0.717, 1.165) is 48.2 Å². The maximum Gasteiger partial charge on any atom is 0.416 e. The highest BCUT2D eigenvalue weighted by molar-refractivity contribution is 7.09. The van der Waals surface area contributed by atoms with Gasteiger partial charge in [-0.2, -0.15) is 18.2 Å². The van der Waals surface area contributed by atoms with Crippen LogP contribution in [0.3, 0.4) is 0 Å². The monoisotopic (exact) mass is 426 g/mol. The second-order valence-electron chi connectivity index (χ2n) is 8.43. The molecule has 0 N–H and O–H groups in total. The molecule has 0 aliphatic heterocycles. The summed E-state index contributed by atoms with van der Waals surface area (Å²) < 4.78 is 46.5. The first-order chi connectivity index (χ1) is 13.4. The Labute approximate surface area is 172 Å². The molecular formula is C21H25F3N2O2S. The Bertz CT molecular complexity index is 993. The molecule has 4 nitrogen and oxygen atoms in total. The molecule has 0 bridgehead atoms. The number of rotatable bonds is 4. The topological polar surface area (TPSA) is 43.6 Å². The third kappa shape index (κ3) is 4.74. The highest BCUT2D eigenvalue weighted by Gasteiger charge is 2.32. The molecular weight excluding hydrogens is 401 g/mol. The van der Waals surface area contributed by atoms with Crippen molar-refractivity contribution in [3.63, 3.8) is 0 Å². The zero-order valence-electron chi connectivity index (χ0n) is 17.2. The highest BCUT2D eigenvalue weighted by atomic mass is 32.1. The van der Waals surface area contributed by atoms with Crippen molar-refractivity contribution in [2.24, 2.45) is 10.9 Å². The fraction of sp³-hybridized carbons (Fsp3) is 0.524. The lowest BCUT2D eigenvalue weighted by atomic mass is 9.93. The lowest BCUT2D eigenvalue weighted by Crippen LogP contribution is -2.20. The summed E-state index contributed by atoms with van der Waals surface area (Å²) in [6.45, 7) is 9.05. The molecule has 0 saturated heterocycles. The maximum absolute atomic E-state index is 13.1. The van der Waals surface area contributed by atoms with E-state index in [0.29, 0.717) is 10.7 Å². The molecule has 8 heteroatoms. The van der Waals surface area contributed by atoms with Crippen LogP contribution in [0.15, 0.2) is 23.2 Å². The van der Waals surface area contributed by atoms with Gasteiger partial charge < -0.3 is 9.30 Å². The van der Waals surface area contributed by atoms with E-state index in [1.807, 2.05) is 11.5 Å². The lowest BCUT2D eigenvalue weighted by molar-refractivity contribution is -0.137. The van der Waals surface area contributed by atoms with Crippen LogP contribution in [0.1, 0.15) is 60.1 Å². The van der Waals surface area contributed by atoms with E-state index in [1.54, 1.807) is 0 Å². The zero-order chi connectivity index (χ0) is 21.6. The van der Waals surface area contributed by atoms with Crippen molar-refractivity contribution in [3.8, 4) is 5.75 Å². The van der Waals surface area contributed by atoms with Gasteiger partial charge in [0.1, 0.15) is 5.75 Å². The molecule has 0 spiro atoms. The molecule has 1 aliphatic carbocycles. The summed E-state index contributed by atoms with van der Waals surface area (Å²) in [6.07, 6.45) is -2.27. The number of alkyl halides is 3. The van der Waals surface area contributed by atoms with E-state index < -0.39 is 17.6 Å². The molecule has 1 aliphatic rings. The summed E-state index contributed by atoms with van der Waals surface area (Å²) in [5.41, 5.74) is -0.161. The van der Waals surface area contributed by atoms with E-state index in [2.05, 4.69) is 25.8 Å². The first kappa shape index (κ1) is 21.6. The number of thiazole rings is 1. The molecule has 0 unspecified atom stereocenters. The molecule has 1 amide bonds. The van der Waals surface area contributed by atoms with Gasteiger partial charge in [0.2, 0.25) is 0 Å². The minimum Gasteiger partial charge on any atom is -0.496 e. The van der Waals surface area contributed by atoms with Crippen molar-refractivity contribution in [1.82, 2.24) is 4.57 Å². The number of benzene rings is 1. The Morgan fingerprint density at radius 1 is 1.28 bits per heavy atom. The van der Waals surface area contributed by atoms with Crippen LogP contribution >= 0.6 is 11.3 Å². The van der Waals surface area contributed by atoms with Crippen LogP contribution in [-0.4, -0.2) is 17.6 Å². The van der Waals surface area contributed by atoms with Gasteiger partial charge in [0.15, 0.2) is 4.80 Å². The molecule has 0 radical (unpaired) electrons. The third-order valence-electron chi connectivity index (χ3n) is 4.93. The fourth-order valence-corrected chi connectivity index (χ4v) is 4.43. The number of hydrogen-bond acceptors (Lipinski definition) is 3. The van der Waals surface area contributed by atoms with Crippen molar-refractivity contribution in [1.29, 1.82) is 0 Å². The van der Waals surface area contributed by atoms with Crippen LogP contribution in [0.5, 0.6) is 5.75 Å². The number of amides is 1. The summed E-state index contributed by atoms with van der Waals surface area (Å²) in [6, 6.07) is 2.86. The van der Waals surface area contributed by atoms with Crippen LogP contribution in [0.2, 0.25) is 0 Å². The number of hydrogen-bond donors (Lipinski definition) is 0. The maximum atomic E-state index is 13.1. The number of carbonyl (C=O) groups excluding carboxylic acids is 1. The summed E-state index contributed by atoms with van der Waals surface area (Å²) >= 11 is 1.42. The van der Waals surface area contributed by atoms with E-state index in [-0.39, 0.29) is 16.7 Å². The summed E-state index contributed by atoms with van der Waals surface area (Å²) in [5, 5.41) is 0. The van der Waals surface area contributed by atoms with Gasteiger partial charge in [-0.3, -0.25) is 4.79 Å². The van der Waals surface area contributed by atoms with Gasteiger partial charge in [-0.1, -0.05) is 20.8 Å². The van der Waals surface area contributed by atoms with Crippen LogP contribution in [-0.2, 0) is 18.1 Å². The van der Waals surface area contributed by atoms with Gasteiger partial charge in [-0.15, -0.1) is 11.3 Å². The van der Waals surface area contributed by atoms with Crippen molar-refractivity contribution >= 4 is 17.2 Å². The fourth-order valence-electron chi connectivity index (χ4n) is 3.24. The Balaban J connectivity index is 2.11. The lowest BCUT2D eigenvalue weighted by Gasteiger charge is -2.17. The molecule has 29 heavy (non-hydrogen) atoms. The van der Waals surface area contributed by atoms with Gasteiger partial charge in [0, 0.05) is 17.1 Å². The Morgan fingerprint density at radius 2 is 1.93 bits per heavy atom. The smallest absolute Gasteiger partial charge is 0.416 e. The quantitative estimate of drug-likeness (QED) is 0.663. The van der Waals surface area contributed by atoms with Crippen molar-refractivity contribution in [3.05, 3.63) is 44.7 Å². The van der Waals surface area contributed by atoms with Crippen molar-refractivity contribution in [2.75, 3.05) is 7.11 Å². The van der Waals surface area contributed by atoms with Crippen LogP contribution < -0.4 is 9.54 Å². The van der Waals surface area contributed by atoms with Gasteiger partial charge in [-0.25, -0.2) is 0 Å². The van der Waals surface area contributed by atoms with Gasteiger partial charge >= 0.3 is 6.18 Å². The molecule has 1 aromatic carbocycles. The van der Waals surface area contributed by atoms with E-state index in [1.165, 1.54) is 18.4 Å². The standard InChI is InChI=1S/C21H25F3N2O2S/c1-12-17(20(2,3)4)29-19(26(12)11-13-6-7-13)25-18(27)15-10-14(21(22,23)24)8-9-16(15)28-5/h8-10,13H,6-7,11H2,1-5H3/b25-19-. The molecule has 3 rings (SSSR count). The predicted octanol–water partition coefficient (Wildman–Crippen LogP) is 5.33. The molecule has 1 heterocycles. The van der Waals surface area contributed by atoms with Gasteiger partial charge in [0.05, 0.1) is 18.2 Å². The molecule has 158 valence electrons. The van der Waals surface area contributed by atoms with Crippen LogP contribution in [0, 0.1) is 12.8 Å². The van der Waals surface area contributed by atoms with Gasteiger partial charge in [0.25, 0.3) is 5.91 Å². The number of carbonyl (C=O) groups is 1. The van der Waals surface area contributed by atoms with Crippen LogP contribution in [0.4, 0.5) is 13.2 Å². The Morgan fingerprint density at radius 3 is 2.45 bits per heavy atom. The van der Waals surface area contributed by atoms with Crippen molar-refractivity contribution < 1.29 is 22.7 Å². The SMILES string of the molecule is COc1ccc(C(F)(F)F)cc1C(=O)/N=c1\sc(C(C)(C)C)c(C)n1CC1CC1. The number of ether oxygens (including phenoxy) is 1. The molecule has 0 atom stereocenters. The predicted molar refractivity (Wildman–Crippen MR) is 106 cm³/mol. The second kappa shape index (κ2) is 7.63. The molecule has 2 aromatic rings. The van der Waals surface area contributed by atoms with Gasteiger partial charge in [-0.05, 0) is 49.3 Å². The second-order valence-corrected chi connectivity index (χ2v) is 9.41. The first-order valence-corrected chi connectivity index (χ1v) is 10.3. The van der Waals surface area contributed by atoms with Crippen molar-refractivity contribution in [2.45, 2.75) is 58.7 Å². The molecule has 1 saturated carbocycles. The summed E-state index contributed by atoms with van der Waals surface area (Å²) in [5.74, 6) is -0.0997.